The highest BCUT2D eigenvalue weighted by Crippen LogP contribution is 2.26. The van der Waals surface area contributed by atoms with E-state index in [2.05, 4.69) is 10.2 Å². The lowest BCUT2D eigenvalue weighted by Gasteiger charge is -2.19. The van der Waals surface area contributed by atoms with Gasteiger partial charge in [0.15, 0.2) is 0 Å². The molecule has 1 saturated carbocycles. The second-order valence-corrected chi connectivity index (χ2v) is 5.72. The number of hydrogen-bond donors (Lipinski definition) is 1. The average Bonchev–Trinajstić information content (AvgIpc) is 3.08. The third-order valence-electron chi connectivity index (χ3n) is 4.07. The molecule has 1 unspecified atom stereocenters. The third kappa shape index (κ3) is 2.66. The molecule has 2 aliphatic rings. The van der Waals surface area contributed by atoms with Gasteiger partial charge in [0, 0.05) is 24.8 Å². The molecular formula is C15H21FN2. The first-order valence-electron chi connectivity index (χ1n) is 6.97. The van der Waals surface area contributed by atoms with Crippen LogP contribution in [0.25, 0.3) is 0 Å². The number of nitrogens with one attached hydrogen (secondary N) is 1. The predicted molar refractivity (Wildman–Crippen MR) is 72.5 cm³/mol. The maximum atomic E-state index is 13.3. The fourth-order valence-corrected chi connectivity index (χ4v) is 2.68. The lowest BCUT2D eigenvalue weighted by Crippen LogP contribution is -2.27. The maximum Gasteiger partial charge on any atom is 0.126 e. The number of benzene rings is 1. The molecule has 0 amide bonds. The molecule has 1 saturated heterocycles. The molecule has 3 heteroatoms. The molecule has 0 spiro atoms. The van der Waals surface area contributed by atoms with Gasteiger partial charge >= 0.3 is 0 Å². The Morgan fingerprint density at radius 3 is 2.89 bits per heavy atom. The summed E-state index contributed by atoms with van der Waals surface area (Å²) in [4.78, 5) is 2.38. The van der Waals surface area contributed by atoms with E-state index >= 15 is 0 Å². The van der Waals surface area contributed by atoms with Crippen molar-refractivity contribution in [2.75, 3.05) is 24.5 Å². The summed E-state index contributed by atoms with van der Waals surface area (Å²) in [6.45, 7) is 5.18. The van der Waals surface area contributed by atoms with Gasteiger partial charge in [-0.3, -0.25) is 0 Å². The van der Waals surface area contributed by atoms with Crippen molar-refractivity contribution in [1.29, 1.82) is 0 Å². The lowest BCUT2D eigenvalue weighted by molar-refractivity contribution is 0.515. The molecule has 2 fully saturated rings. The summed E-state index contributed by atoms with van der Waals surface area (Å²) in [6.07, 6.45) is 3.96. The number of aryl methyl sites for hydroxylation is 1. The highest BCUT2D eigenvalue weighted by atomic mass is 19.1. The smallest absolute Gasteiger partial charge is 0.126 e. The Bertz CT molecular complexity index is 429. The second kappa shape index (κ2) is 4.88. The van der Waals surface area contributed by atoms with Crippen LogP contribution in [0.2, 0.25) is 0 Å². The minimum absolute atomic E-state index is 0.107. The summed E-state index contributed by atoms with van der Waals surface area (Å²) in [7, 11) is 0. The van der Waals surface area contributed by atoms with Crippen LogP contribution >= 0.6 is 0 Å². The van der Waals surface area contributed by atoms with Crippen molar-refractivity contribution in [3.8, 4) is 0 Å². The fourth-order valence-electron chi connectivity index (χ4n) is 2.68. The Balaban J connectivity index is 1.58. The molecule has 18 heavy (non-hydrogen) atoms. The topological polar surface area (TPSA) is 15.3 Å². The third-order valence-corrected chi connectivity index (χ3v) is 4.07. The molecule has 2 nitrogen and oxygen atoms in total. The second-order valence-electron chi connectivity index (χ2n) is 5.72. The Labute approximate surface area is 108 Å². The molecule has 0 bridgehead atoms. The van der Waals surface area contributed by atoms with Gasteiger partial charge in [-0.05, 0) is 62.4 Å². The minimum atomic E-state index is -0.107. The molecule has 98 valence electrons. The van der Waals surface area contributed by atoms with Gasteiger partial charge in [0.05, 0.1) is 0 Å². The minimum Gasteiger partial charge on any atom is -0.371 e. The highest BCUT2D eigenvalue weighted by molar-refractivity contribution is 5.49. The Hall–Kier alpha value is -1.09. The van der Waals surface area contributed by atoms with Crippen molar-refractivity contribution in [3.63, 3.8) is 0 Å². The van der Waals surface area contributed by atoms with Gasteiger partial charge in [-0.15, -0.1) is 0 Å². The van der Waals surface area contributed by atoms with Crippen LogP contribution in [0.15, 0.2) is 18.2 Å². The Morgan fingerprint density at radius 2 is 2.17 bits per heavy atom. The van der Waals surface area contributed by atoms with E-state index in [9.17, 15) is 4.39 Å². The van der Waals surface area contributed by atoms with Crippen molar-refractivity contribution in [1.82, 2.24) is 5.32 Å². The van der Waals surface area contributed by atoms with E-state index in [4.69, 9.17) is 0 Å². The van der Waals surface area contributed by atoms with Crippen molar-refractivity contribution >= 4 is 5.69 Å². The molecule has 1 atom stereocenters. The molecular weight excluding hydrogens is 227 g/mol. The molecule has 0 radical (unpaired) electrons. The summed E-state index contributed by atoms with van der Waals surface area (Å²) in [6, 6.07) is 6.25. The van der Waals surface area contributed by atoms with Crippen LogP contribution in [-0.4, -0.2) is 25.7 Å². The van der Waals surface area contributed by atoms with E-state index in [-0.39, 0.29) is 5.82 Å². The van der Waals surface area contributed by atoms with E-state index in [1.165, 1.54) is 24.9 Å². The zero-order valence-electron chi connectivity index (χ0n) is 11.0. The normalized spacial score (nSPS) is 23.7. The van der Waals surface area contributed by atoms with Crippen LogP contribution in [0, 0.1) is 18.7 Å². The molecule has 1 aliphatic heterocycles. The van der Waals surface area contributed by atoms with Crippen molar-refractivity contribution in [3.05, 3.63) is 29.6 Å². The molecule has 1 N–H and O–H groups in total. The number of nitrogens with zero attached hydrogens (tertiary/aromatic N) is 1. The first kappa shape index (κ1) is 12.0. The van der Waals surface area contributed by atoms with Gasteiger partial charge < -0.3 is 10.2 Å². The van der Waals surface area contributed by atoms with E-state index in [0.717, 1.165) is 37.2 Å². The monoisotopic (exact) mass is 248 g/mol. The number of hydrogen-bond acceptors (Lipinski definition) is 2. The van der Waals surface area contributed by atoms with E-state index in [0.29, 0.717) is 0 Å². The first-order chi connectivity index (χ1) is 8.72. The van der Waals surface area contributed by atoms with Gasteiger partial charge in [0.2, 0.25) is 0 Å². The van der Waals surface area contributed by atoms with Crippen molar-refractivity contribution in [2.45, 2.75) is 32.2 Å². The standard InChI is InChI=1S/C15H21FN2/c1-11-8-14(4-5-15(11)16)18-7-6-12(10-18)9-17-13-2-3-13/h4-5,8,12-13,17H,2-3,6-7,9-10H2,1H3. The Kier molecular flexibility index (Phi) is 3.25. The van der Waals surface area contributed by atoms with Crippen LogP contribution in [0.3, 0.4) is 0 Å². The van der Waals surface area contributed by atoms with Crippen LogP contribution < -0.4 is 10.2 Å². The zero-order valence-corrected chi connectivity index (χ0v) is 11.0. The SMILES string of the molecule is Cc1cc(N2CCC(CNC3CC3)C2)ccc1F. The molecule has 0 aromatic heterocycles. The lowest BCUT2D eigenvalue weighted by atomic mass is 10.1. The molecule has 1 aromatic carbocycles. The van der Waals surface area contributed by atoms with Gasteiger partial charge in [0.1, 0.15) is 5.82 Å². The number of anilines is 1. The number of rotatable bonds is 4. The molecule has 1 heterocycles. The van der Waals surface area contributed by atoms with Gasteiger partial charge in [-0.1, -0.05) is 0 Å². The van der Waals surface area contributed by atoms with Crippen molar-refractivity contribution in [2.24, 2.45) is 5.92 Å². The average molecular weight is 248 g/mol. The van der Waals surface area contributed by atoms with Crippen LogP contribution in [0.5, 0.6) is 0 Å². The zero-order chi connectivity index (χ0) is 12.5. The molecule has 3 rings (SSSR count). The highest BCUT2D eigenvalue weighted by Gasteiger charge is 2.26. The summed E-state index contributed by atoms with van der Waals surface area (Å²) in [5, 5.41) is 3.60. The van der Waals surface area contributed by atoms with Gasteiger partial charge in [0.25, 0.3) is 0 Å². The van der Waals surface area contributed by atoms with E-state index < -0.39 is 0 Å². The number of halogens is 1. The van der Waals surface area contributed by atoms with Gasteiger partial charge in [-0.25, -0.2) is 4.39 Å². The van der Waals surface area contributed by atoms with Crippen LogP contribution in [0.1, 0.15) is 24.8 Å². The summed E-state index contributed by atoms with van der Waals surface area (Å²) >= 11 is 0. The van der Waals surface area contributed by atoms with Crippen LogP contribution in [0.4, 0.5) is 10.1 Å². The largest absolute Gasteiger partial charge is 0.371 e. The van der Waals surface area contributed by atoms with Crippen molar-refractivity contribution < 1.29 is 4.39 Å². The fraction of sp³-hybridized carbons (Fsp3) is 0.600. The predicted octanol–water partition coefficient (Wildman–Crippen LogP) is 2.71. The summed E-state index contributed by atoms with van der Waals surface area (Å²) < 4.78 is 13.3. The van der Waals surface area contributed by atoms with Gasteiger partial charge in [-0.2, -0.15) is 0 Å². The quantitative estimate of drug-likeness (QED) is 0.881. The molecule has 1 aromatic rings. The summed E-state index contributed by atoms with van der Waals surface area (Å²) in [5.74, 6) is 0.640. The Morgan fingerprint density at radius 1 is 1.33 bits per heavy atom. The summed E-state index contributed by atoms with van der Waals surface area (Å²) in [5.41, 5.74) is 1.91. The first-order valence-corrected chi connectivity index (χ1v) is 6.97. The van der Waals surface area contributed by atoms with E-state index in [1.54, 1.807) is 6.07 Å². The molecule has 1 aliphatic carbocycles. The maximum absolute atomic E-state index is 13.3. The van der Waals surface area contributed by atoms with E-state index in [1.807, 2.05) is 19.1 Å². The van der Waals surface area contributed by atoms with Crippen LogP contribution in [-0.2, 0) is 0 Å².